The van der Waals surface area contributed by atoms with Crippen LogP contribution in [-0.4, -0.2) is 0 Å². The van der Waals surface area contributed by atoms with Gasteiger partial charge in [0.15, 0.2) is 23.3 Å². The summed E-state index contributed by atoms with van der Waals surface area (Å²) in [5, 5.41) is 10.2. The van der Waals surface area contributed by atoms with Crippen LogP contribution in [0.1, 0.15) is 76.0 Å². The summed E-state index contributed by atoms with van der Waals surface area (Å²) in [6.45, 7) is 12.9. The van der Waals surface area contributed by atoms with Crippen LogP contribution in [-0.2, 0) is 0 Å². The van der Waals surface area contributed by atoms with Gasteiger partial charge in [-0.2, -0.15) is 22.7 Å². The summed E-state index contributed by atoms with van der Waals surface area (Å²) in [4.78, 5) is 0. The number of thiophene rings is 2. The van der Waals surface area contributed by atoms with Gasteiger partial charge in [-0.1, -0.05) is 91.5 Å². The Labute approximate surface area is 281 Å². The van der Waals surface area contributed by atoms with E-state index in [0.717, 1.165) is 27.3 Å². The summed E-state index contributed by atoms with van der Waals surface area (Å²) in [5.41, 5.74) is 5.29. The minimum absolute atomic E-state index is 0.0482. The monoisotopic (exact) mass is 692 g/mol. The van der Waals surface area contributed by atoms with E-state index < -0.39 is 42.2 Å². The van der Waals surface area contributed by atoms with Crippen molar-refractivity contribution in [1.82, 2.24) is 0 Å². The first kappa shape index (κ1) is 33.4. The topological polar surface area (TPSA) is 0 Å². The first-order valence-corrected chi connectivity index (χ1v) is 18.8. The van der Waals surface area contributed by atoms with Crippen LogP contribution in [0.3, 0.4) is 0 Å². The molecule has 0 aliphatic rings. The molecule has 0 bridgehead atoms. The van der Waals surface area contributed by atoms with E-state index in [9.17, 15) is 4.39 Å². The quantitative estimate of drug-likeness (QED) is 0.0846. The molecule has 1 atom stereocenters. The van der Waals surface area contributed by atoms with Gasteiger partial charge < -0.3 is 0 Å². The largest absolute Gasteiger partial charge is 0.203 e. The molecule has 0 aliphatic carbocycles. The number of rotatable bonds is 8. The standard InChI is InChI=1S/C39H34F5PS2/c1-20(2)26-16-27(21(3)4)39(28(17-26)22(5)6)45-37(24-12-14-46-18-24)29(23-10-8-7-9-11-23)30(38(45)25-13-15-47-19-25)31-32(40)34(42)36(44)35(43)33(31)41/h7-22H,1-6H3. The smallest absolute Gasteiger partial charge is 0.200 e. The van der Waals surface area contributed by atoms with Gasteiger partial charge >= 0.3 is 0 Å². The zero-order valence-corrected chi connectivity index (χ0v) is 29.4. The molecule has 0 saturated heterocycles. The summed E-state index contributed by atoms with van der Waals surface area (Å²) in [6, 6.07) is 17.5. The first-order valence-electron chi connectivity index (χ1n) is 15.5. The Bertz CT molecular complexity index is 2000. The van der Waals surface area contributed by atoms with E-state index >= 15 is 17.6 Å². The van der Waals surface area contributed by atoms with Crippen molar-refractivity contribution in [2.45, 2.75) is 59.3 Å². The molecule has 0 saturated carbocycles. The second-order valence-electron chi connectivity index (χ2n) is 12.6. The molecule has 3 aromatic heterocycles. The number of hydrogen-bond acceptors (Lipinski definition) is 2. The van der Waals surface area contributed by atoms with E-state index in [1.165, 1.54) is 28.2 Å². The van der Waals surface area contributed by atoms with E-state index in [4.69, 9.17) is 0 Å². The minimum Gasteiger partial charge on any atom is -0.203 e. The third-order valence-corrected chi connectivity index (χ3v) is 12.8. The number of benzene rings is 3. The first-order chi connectivity index (χ1) is 22.4. The fraction of sp³-hybridized carbons (Fsp3) is 0.231. The third kappa shape index (κ3) is 5.71. The Morgan fingerprint density at radius 3 is 1.40 bits per heavy atom. The van der Waals surface area contributed by atoms with Crippen LogP contribution < -0.4 is 0 Å². The molecule has 0 aliphatic heterocycles. The molecule has 0 nitrogen and oxygen atoms in total. The Kier molecular flexibility index (Phi) is 9.37. The average molecular weight is 693 g/mol. The van der Waals surface area contributed by atoms with Crippen LogP contribution in [0.25, 0.3) is 49.3 Å². The van der Waals surface area contributed by atoms with Gasteiger partial charge in [0.1, 0.15) is 0 Å². The van der Waals surface area contributed by atoms with E-state index in [-0.39, 0.29) is 23.3 Å². The highest BCUT2D eigenvalue weighted by molar-refractivity contribution is 7.64. The molecule has 3 aromatic carbocycles. The summed E-state index contributed by atoms with van der Waals surface area (Å²) in [6.07, 6.45) is 0. The maximum Gasteiger partial charge on any atom is 0.200 e. The fourth-order valence-corrected chi connectivity index (χ4v) is 11.3. The number of halogens is 5. The van der Waals surface area contributed by atoms with Crippen molar-refractivity contribution in [3.8, 4) is 49.3 Å². The van der Waals surface area contributed by atoms with Gasteiger partial charge in [-0.25, -0.2) is 22.0 Å². The SMILES string of the molecule is CC(C)c1cc(C(C)C)c(-p2c(-c3ccsc3)c(-c3ccccc3)c(-c3c(F)c(F)c(F)c(F)c3F)c2-c2ccsc2)c(C(C)C)c1. The van der Waals surface area contributed by atoms with Crippen molar-refractivity contribution >= 4 is 30.2 Å². The lowest BCUT2D eigenvalue weighted by atomic mass is 9.89. The van der Waals surface area contributed by atoms with Crippen LogP contribution >= 0.6 is 30.2 Å². The zero-order valence-electron chi connectivity index (χ0n) is 26.9. The van der Waals surface area contributed by atoms with E-state index in [1.54, 1.807) is 0 Å². The summed E-state index contributed by atoms with van der Waals surface area (Å²) in [5.74, 6) is -9.29. The lowest BCUT2D eigenvalue weighted by Crippen LogP contribution is -2.04. The molecular weight excluding hydrogens is 659 g/mol. The van der Waals surface area contributed by atoms with Crippen molar-refractivity contribution in [2.24, 2.45) is 0 Å². The van der Waals surface area contributed by atoms with E-state index in [0.29, 0.717) is 22.0 Å². The van der Waals surface area contributed by atoms with Gasteiger partial charge in [0.05, 0.1) is 5.56 Å². The van der Waals surface area contributed by atoms with E-state index in [2.05, 4.69) is 53.7 Å². The third-order valence-electron chi connectivity index (χ3n) is 8.61. The molecule has 0 spiro atoms. The van der Waals surface area contributed by atoms with Crippen molar-refractivity contribution in [2.75, 3.05) is 0 Å². The van der Waals surface area contributed by atoms with Crippen molar-refractivity contribution in [3.05, 3.63) is 122 Å². The van der Waals surface area contributed by atoms with Crippen LogP contribution in [0.15, 0.2) is 76.1 Å². The van der Waals surface area contributed by atoms with Crippen LogP contribution in [0.2, 0.25) is 0 Å². The summed E-state index contributed by atoms with van der Waals surface area (Å²) < 4.78 is 77.1. The highest BCUT2D eigenvalue weighted by atomic mass is 32.1. The van der Waals surface area contributed by atoms with Gasteiger partial charge in [-0.3, -0.25) is 0 Å². The Balaban J connectivity index is 1.97. The Morgan fingerprint density at radius 1 is 0.511 bits per heavy atom. The molecule has 6 aromatic rings. The highest BCUT2D eigenvalue weighted by Crippen LogP contribution is 2.68. The van der Waals surface area contributed by atoms with Crippen LogP contribution in [0, 0.1) is 29.1 Å². The Morgan fingerprint density at radius 2 is 0.979 bits per heavy atom. The lowest BCUT2D eigenvalue weighted by molar-refractivity contribution is 0.381. The summed E-state index contributed by atoms with van der Waals surface area (Å²) in [7, 11) is -1.58. The second kappa shape index (κ2) is 13.2. The van der Waals surface area contributed by atoms with Gasteiger partial charge in [-0.05, 0) is 84.8 Å². The predicted octanol–water partition coefficient (Wildman–Crippen LogP) is 14.5. The molecule has 3 heterocycles. The van der Waals surface area contributed by atoms with Crippen molar-refractivity contribution in [1.29, 1.82) is 0 Å². The van der Waals surface area contributed by atoms with Crippen molar-refractivity contribution in [3.63, 3.8) is 0 Å². The van der Waals surface area contributed by atoms with Crippen LogP contribution in [0.5, 0.6) is 0 Å². The maximum absolute atomic E-state index is 16.1. The van der Waals surface area contributed by atoms with E-state index in [1.807, 2.05) is 64.0 Å². The van der Waals surface area contributed by atoms with Gasteiger partial charge in [0.25, 0.3) is 0 Å². The molecule has 6 rings (SSSR count). The normalized spacial score (nSPS) is 12.3. The van der Waals surface area contributed by atoms with Crippen molar-refractivity contribution < 1.29 is 22.0 Å². The molecule has 0 N–H and O–H groups in total. The lowest BCUT2D eigenvalue weighted by Gasteiger charge is -2.25. The number of hydrogen-bond donors (Lipinski definition) is 0. The second-order valence-corrected chi connectivity index (χ2v) is 16.2. The average Bonchev–Trinajstić information content (AvgIpc) is 3.83. The van der Waals surface area contributed by atoms with Gasteiger partial charge in [0, 0.05) is 27.0 Å². The molecule has 1 unspecified atom stereocenters. The molecule has 8 heteroatoms. The highest BCUT2D eigenvalue weighted by Gasteiger charge is 2.36. The fourth-order valence-electron chi connectivity index (χ4n) is 6.27. The minimum atomic E-state index is -2.17. The van der Waals surface area contributed by atoms with Gasteiger partial charge in [0.2, 0.25) is 5.82 Å². The van der Waals surface area contributed by atoms with Gasteiger partial charge in [-0.15, -0.1) is 0 Å². The Hall–Kier alpha value is -3.51. The molecule has 242 valence electrons. The molecular formula is C39H34F5PS2. The molecule has 0 fully saturated rings. The molecule has 0 radical (unpaired) electrons. The molecule has 0 amide bonds. The zero-order chi connectivity index (χ0) is 33.7. The predicted molar refractivity (Wildman–Crippen MR) is 190 cm³/mol. The molecule has 47 heavy (non-hydrogen) atoms. The maximum atomic E-state index is 16.1. The summed E-state index contributed by atoms with van der Waals surface area (Å²) >= 11 is 2.92. The van der Waals surface area contributed by atoms with Crippen LogP contribution in [0.4, 0.5) is 22.0 Å².